The molecule has 100 valence electrons. The number of nitrogens with zero attached hydrogens (tertiary/aromatic N) is 1. The highest BCUT2D eigenvalue weighted by Gasteiger charge is 2.24. The lowest BCUT2D eigenvalue weighted by Crippen LogP contribution is -2.45. The van der Waals surface area contributed by atoms with Gasteiger partial charge in [0.1, 0.15) is 5.76 Å². The van der Waals surface area contributed by atoms with Crippen LogP contribution >= 0.6 is 0 Å². The molecule has 2 rings (SSSR count). The Kier molecular flexibility index (Phi) is 3.91. The first-order valence-electron chi connectivity index (χ1n) is 6.25. The van der Waals surface area contributed by atoms with Crippen molar-refractivity contribution in [1.29, 1.82) is 0 Å². The fraction of sp³-hybridized carbons (Fsp3) is 0.615. The van der Waals surface area contributed by atoms with Crippen LogP contribution in [-0.2, 0) is 16.0 Å². The van der Waals surface area contributed by atoms with Gasteiger partial charge in [0.05, 0.1) is 18.6 Å². The Morgan fingerprint density at radius 2 is 2.06 bits per heavy atom. The van der Waals surface area contributed by atoms with E-state index in [9.17, 15) is 4.79 Å². The van der Waals surface area contributed by atoms with Crippen molar-refractivity contribution in [2.75, 3.05) is 18.0 Å². The number of aryl methyl sites for hydroxylation is 1. The average molecular weight is 253 g/mol. The van der Waals surface area contributed by atoms with Crippen LogP contribution in [-0.4, -0.2) is 36.4 Å². The number of rotatable bonds is 4. The molecule has 5 nitrogen and oxygen atoms in total. The molecule has 18 heavy (non-hydrogen) atoms. The largest absolute Gasteiger partial charge is 0.481 e. The number of anilines is 1. The van der Waals surface area contributed by atoms with E-state index in [0.717, 1.165) is 24.7 Å². The van der Waals surface area contributed by atoms with E-state index >= 15 is 0 Å². The van der Waals surface area contributed by atoms with E-state index in [4.69, 9.17) is 14.3 Å². The third-order valence-electron chi connectivity index (χ3n) is 2.96. The van der Waals surface area contributed by atoms with Crippen LogP contribution in [0.1, 0.15) is 26.0 Å². The van der Waals surface area contributed by atoms with Crippen molar-refractivity contribution in [3.05, 3.63) is 17.9 Å². The van der Waals surface area contributed by atoms with Crippen LogP contribution < -0.4 is 4.90 Å². The zero-order valence-corrected chi connectivity index (χ0v) is 10.8. The summed E-state index contributed by atoms with van der Waals surface area (Å²) in [6.07, 6.45) is 0.899. The van der Waals surface area contributed by atoms with Gasteiger partial charge < -0.3 is 19.2 Å². The third kappa shape index (κ3) is 3.26. The molecular formula is C13H19NO4. The number of carboxylic acids is 1. The molecule has 0 saturated carbocycles. The summed E-state index contributed by atoms with van der Waals surface area (Å²) >= 11 is 0. The molecule has 1 saturated heterocycles. The SMILES string of the molecule is CC1CN(c2ccc(CCC(=O)O)o2)CC(C)O1. The van der Waals surface area contributed by atoms with Gasteiger partial charge in [0.15, 0.2) is 5.88 Å². The van der Waals surface area contributed by atoms with Crippen molar-refractivity contribution in [2.24, 2.45) is 0 Å². The lowest BCUT2D eigenvalue weighted by Gasteiger charge is -2.35. The predicted octanol–water partition coefficient (Wildman–Crippen LogP) is 1.91. The number of morpholine rings is 1. The van der Waals surface area contributed by atoms with Gasteiger partial charge in [-0.15, -0.1) is 0 Å². The third-order valence-corrected chi connectivity index (χ3v) is 2.96. The molecule has 1 aliphatic rings. The van der Waals surface area contributed by atoms with Crippen LogP contribution in [0.4, 0.5) is 5.88 Å². The molecule has 1 aromatic heterocycles. The Hall–Kier alpha value is -1.49. The molecule has 2 heterocycles. The molecule has 1 N–H and O–H groups in total. The fourth-order valence-electron chi connectivity index (χ4n) is 2.26. The van der Waals surface area contributed by atoms with Gasteiger partial charge in [0, 0.05) is 25.6 Å². The average Bonchev–Trinajstić information content (AvgIpc) is 2.73. The van der Waals surface area contributed by atoms with Crippen molar-refractivity contribution in [1.82, 2.24) is 0 Å². The summed E-state index contributed by atoms with van der Waals surface area (Å²) in [4.78, 5) is 12.6. The molecule has 0 aliphatic carbocycles. The second-order valence-corrected chi connectivity index (χ2v) is 4.80. The molecule has 0 aromatic carbocycles. The topological polar surface area (TPSA) is 62.9 Å². The van der Waals surface area contributed by atoms with Gasteiger partial charge in [-0.1, -0.05) is 0 Å². The molecule has 0 spiro atoms. The number of furan rings is 1. The van der Waals surface area contributed by atoms with Gasteiger partial charge in [0.25, 0.3) is 0 Å². The van der Waals surface area contributed by atoms with Gasteiger partial charge >= 0.3 is 5.97 Å². The van der Waals surface area contributed by atoms with E-state index in [1.807, 2.05) is 26.0 Å². The minimum absolute atomic E-state index is 0.100. The van der Waals surface area contributed by atoms with Crippen LogP contribution in [0.2, 0.25) is 0 Å². The summed E-state index contributed by atoms with van der Waals surface area (Å²) < 4.78 is 11.3. The zero-order chi connectivity index (χ0) is 13.1. The first-order valence-corrected chi connectivity index (χ1v) is 6.25. The van der Waals surface area contributed by atoms with Crippen LogP contribution in [0.25, 0.3) is 0 Å². The summed E-state index contributed by atoms with van der Waals surface area (Å²) in [6.45, 7) is 5.68. The second kappa shape index (κ2) is 5.44. The smallest absolute Gasteiger partial charge is 0.303 e. The standard InChI is InChI=1S/C13H19NO4/c1-9-7-14(8-10(2)17-9)12-5-3-11(18-12)4-6-13(15)16/h3,5,9-10H,4,6-8H2,1-2H3,(H,15,16). The molecule has 1 aliphatic heterocycles. The summed E-state index contributed by atoms with van der Waals surface area (Å²) in [6, 6.07) is 3.75. The zero-order valence-electron chi connectivity index (χ0n) is 10.8. The molecule has 0 bridgehead atoms. The Morgan fingerprint density at radius 3 is 2.67 bits per heavy atom. The molecular weight excluding hydrogens is 234 g/mol. The van der Waals surface area contributed by atoms with Crippen molar-refractivity contribution >= 4 is 11.9 Å². The second-order valence-electron chi connectivity index (χ2n) is 4.80. The fourth-order valence-corrected chi connectivity index (χ4v) is 2.26. The number of carbonyl (C=O) groups is 1. The summed E-state index contributed by atoms with van der Waals surface area (Å²) in [5, 5.41) is 8.63. The van der Waals surface area contributed by atoms with Crippen molar-refractivity contribution in [2.45, 2.75) is 38.9 Å². The van der Waals surface area contributed by atoms with E-state index in [0.29, 0.717) is 6.42 Å². The molecule has 1 aromatic rings. The number of aliphatic carboxylic acids is 1. The number of hydrogen-bond donors (Lipinski definition) is 1. The molecule has 1 fully saturated rings. The molecule has 0 amide bonds. The minimum atomic E-state index is -0.804. The van der Waals surface area contributed by atoms with Gasteiger partial charge in [-0.3, -0.25) is 4.79 Å². The Labute approximate surface area is 106 Å². The molecule has 2 atom stereocenters. The van der Waals surface area contributed by atoms with Crippen molar-refractivity contribution < 1.29 is 19.1 Å². The van der Waals surface area contributed by atoms with Gasteiger partial charge in [-0.2, -0.15) is 0 Å². The van der Waals surface area contributed by atoms with E-state index in [2.05, 4.69) is 4.90 Å². The first kappa shape index (κ1) is 13.0. The lowest BCUT2D eigenvalue weighted by atomic mass is 10.2. The van der Waals surface area contributed by atoms with Gasteiger partial charge in [-0.25, -0.2) is 0 Å². The predicted molar refractivity (Wildman–Crippen MR) is 66.9 cm³/mol. The monoisotopic (exact) mass is 253 g/mol. The molecule has 0 radical (unpaired) electrons. The maximum Gasteiger partial charge on any atom is 0.303 e. The van der Waals surface area contributed by atoms with Crippen LogP contribution in [0.3, 0.4) is 0 Å². The highest BCUT2D eigenvalue weighted by molar-refractivity contribution is 5.66. The maximum absolute atomic E-state index is 10.5. The quantitative estimate of drug-likeness (QED) is 0.888. The maximum atomic E-state index is 10.5. The van der Waals surface area contributed by atoms with E-state index < -0.39 is 5.97 Å². The number of ether oxygens (including phenoxy) is 1. The van der Waals surface area contributed by atoms with E-state index in [1.165, 1.54) is 0 Å². The van der Waals surface area contributed by atoms with Gasteiger partial charge in [-0.05, 0) is 19.9 Å². The van der Waals surface area contributed by atoms with E-state index in [1.54, 1.807) is 0 Å². The normalized spacial score (nSPS) is 24.2. The summed E-state index contributed by atoms with van der Waals surface area (Å²) in [5.41, 5.74) is 0. The van der Waals surface area contributed by atoms with Crippen molar-refractivity contribution in [3.63, 3.8) is 0 Å². The van der Waals surface area contributed by atoms with Crippen LogP contribution in [0.15, 0.2) is 16.5 Å². The van der Waals surface area contributed by atoms with Crippen molar-refractivity contribution in [3.8, 4) is 0 Å². The minimum Gasteiger partial charge on any atom is -0.481 e. The Bertz CT molecular complexity index is 405. The Balaban J connectivity index is 1.98. The van der Waals surface area contributed by atoms with Gasteiger partial charge in [0.2, 0.25) is 0 Å². The highest BCUT2D eigenvalue weighted by atomic mass is 16.5. The van der Waals surface area contributed by atoms with Crippen LogP contribution in [0.5, 0.6) is 0 Å². The summed E-state index contributed by atoms with van der Waals surface area (Å²) in [5.74, 6) is 0.721. The lowest BCUT2D eigenvalue weighted by molar-refractivity contribution is -0.137. The highest BCUT2D eigenvalue weighted by Crippen LogP contribution is 2.23. The van der Waals surface area contributed by atoms with E-state index in [-0.39, 0.29) is 18.6 Å². The number of carboxylic acid groups (broad SMARTS) is 1. The molecule has 2 unspecified atom stereocenters. The first-order chi connectivity index (χ1) is 8.54. The van der Waals surface area contributed by atoms with Crippen LogP contribution in [0, 0.1) is 0 Å². The Morgan fingerprint density at radius 1 is 1.39 bits per heavy atom. The summed E-state index contributed by atoms with van der Waals surface area (Å²) in [7, 11) is 0. The number of hydrogen-bond acceptors (Lipinski definition) is 4. The molecule has 5 heteroatoms.